The van der Waals surface area contributed by atoms with Crippen molar-refractivity contribution in [3.8, 4) is 0 Å². The van der Waals surface area contributed by atoms with Gasteiger partial charge < -0.3 is 20.8 Å². The number of amides is 2. The summed E-state index contributed by atoms with van der Waals surface area (Å²) < 4.78 is 0. The average Bonchev–Trinajstić information content (AvgIpc) is 3.64. The number of aliphatic hydroxyl groups excluding tert-OH is 2. The summed E-state index contributed by atoms with van der Waals surface area (Å²) in [4.78, 5) is 31.8. The van der Waals surface area contributed by atoms with Crippen LogP contribution in [0, 0.1) is 22.7 Å². The van der Waals surface area contributed by atoms with E-state index in [-0.39, 0.29) is 54.1 Å². The Balaban J connectivity index is 1.46. The van der Waals surface area contributed by atoms with Gasteiger partial charge in [-0.2, -0.15) is 0 Å². The second kappa shape index (κ2) is 9.54. The molecule has 7 nitrogen and oxygen atoms in total. The second-order valence-electron chi connectivity index (χ2n) is 11.5. The minimum Gasteiger partial charge on any atom is -0.396 e. The molecule has 6 unspecified atom stereocenters. The Hall–Kier alpha value is -2.29. The van der Waals surface area contributed by atoms with E-state index in [2.05, 4.69) is 17.6 Å². The molecule has 1 aromatic carbocycles. The first-order valence-corrected chi connectivity index (χ1v) is 13.9. The van der Waals surface area contributed by atoms with E-state index >= 15 is 0 Å². The van der Waals surface area contributed by atoms with Crippen molar-refractivity contribution >= 4 is 28.3 Å². The molecule has 194 valence electrons. The maximum Gasteiger partial charge on any atom is 0.229 e. The molecule has 6 atom stereocenters. The van der Waals surface area contributed by atoms with Crippen LogP contribution in [0.5, 0.6) is 0 Å². The highest BCUT2D eigenvalue weighted by Crippen LogP contribution is 2.62. The molecule has 0 saturated heterocycles. The van der Waals surface area contributed by atoms with Gasteiger partial charge in [0.05, 0.1) is 24.4 Å². The standard InChI is InChI=1S/C28H37N3O4S/c1-16(17-7-5-4-6-8-17)29-23(34)13-19-24-20(36-26(30-24)31-25(35)18-9-10-18)14-21-27(19,2)12-11-22(33)28(21,3)15-32/h4-8,16,18-19,21-22,32-33H,9-15H2,1-3H3,(H,29,34)(H,30,31,35). The lowest BCUT2D eigenvalue weighted by Crippen LogP contribution is -2.57. The maximum atomic E-state index is 13.4. The number of rotatable bonds is 7. The van der Waals surface area contributed by atoms with Crippen LogP contribution in [-0.4, -0.2) is 39.7 Å². The summed E-state index contributed by atoms with van der Waals surface area (Å²) in [6, 6.07) is 9.78. The third-order valence-corrected chi connectivity index (χ3v) is 10.1. The summed E-state index contributed by atoms with van der Waals surface area (Å²) in [5.74, 6) is -0.123. The van der Waals surface area contributed by atoms with Crippen molar-refractivity contribution < 1.29 is 19.8 Å². The van der Waals surface area contributed by atoms with E-state index in [1.54, 1.807) is 0 Å². The molecular formula is C28H37N3O4S. The van der Waals surface area contributed by atoms with E-state index in [9.17, 15) is 19.8 Å². The fourth-order valence-electron chi connectivity index (χ4n) is 6.56. The SMILES string of the molecule is CC(NC(=O)CC1c2nc(NC(=O)C3CC3)sc2CC2C(C)(CO)C(O)CCC12C)c1ccccc1. The number of hydrogen-bond donors (Lipinski definition) is 4. The van der Waals surface area contributed by atoms with Gasteiger partial charge in [-0.3, -0.25) is 9.59 Å². The average molecular weight is 512 g/mol. The summed E-state index contributed by atoms with van der Waals surface area (Å²) in [7, 11) is 0. The highest BCUT2D eigenvalue weighted by atomic mass is 32.1. The first-order valence-electron chi connectivity index (χ1n) is 13.1. The number of carbonyl (C=O) groups is 2. The van der Waals surface area contributed by atoms with Crippen LogP contribution in [0.15, 0.2) is 30.3 Å². The first-order chi connectivity index (χ1) is 17.2. The molecule has 0 bridgehead atoms. The lowest BCUT2D eigenvalue weighted by Gasteiger charge is -2.58. The molecule has 1 aromatic heterocycles. The molecule has 2 fully saturated rings. The van der Waals surface area contributed by atoms with Crippen LogP contribution >= 0.6 is 11.3 Å². The molecule has 3 aliphatic carbocycles. The smallest absolute Gasteiger partial charge is 0.229 e. The first kappa shape index (κ1) is 25.4. The summed E-state index contributed by atoms with van der Waals surface area (Å²) in [6.45, 7) is 6.03. The number of hydrogen-bond acceptors (Lipinski definition) is 6. The summed E-state index contributed by atoms with van der Waals surface area (Å²) in [6.07, 6.45) is 3.52. The number of thiazole rings is 1. The van der Waals surface area contributed by atoms with Crippen molar-refractivity contribution in [1.29, 1.82) is 0 Å². The Morgan fingerprint density at radius 2 is 1.92 bits per heavy atom. The van der Waals surface area contributed by atoms with Crippen LogP contribution in [0.4, 0.5) is 5.13 Å². The van der Waals surface area contributed by atoms with Crippen LogP contribution in [0.3, 0.4) is 0 Å². The fraction of sp³-hybridized carbons (Fsp3) is 0.607. The van der Waals surface area contributed by atoms with Crippen LogP contribution in [0.1, 0.15) is 81.0 Å². The largest absolute Gasteiger partial charge is 0.396 e. The van der Waals surface area contributed by atoms with Gasteiger partial charge in [0, 0.05) is 28.5 Å². The van der Waals surface area contributed by atoms with Gasteiger partial charge in [0.15, 0.2) is 5.13 Å². The van der Waals surface area contributed by atoms with Gasteiger partial charge in [0.25, 0.3) is 0 Å². The predicted octanol–water partition coefficient (Wildman–Crippen LogP) is 4.17. The molecule has 4 N–H and O–H groups in total. The van der Waals surface area contributed by atoms with Crippen LogP contribution in [0.2, 0.25) is 0 Å². The van der Waals surface area contributed by atoms with Gasteiger partial charge in [-0.25, -0.2) is 4.98 Å². The number of fused-ring (bicyclic) bond motifs is 2. The van der Waals surface area contributed by atoms with Gasteiger partial charge in [-0.1, -0.05) is 44.2 Å². The Morgan fingerprint density at radius 3 is 2.58 bits per heavy atom. The zero-order valence-electron chi connectivity index (χ0n) is 21.3. The zero-order valence-corrected chi connectivity index (χ0v) is 22.1. The fourth-order valence-corrected chi connectivity index (χ4v) is 7.63. The number of anilines is 1. The predicted molar refractivity (Wildman–Crippen MR) is 140 cm³/mol. The van der Waals surface area contributed by atoms with Crippen molar-refractivity contribution in [3.63, 3.8) is 0 Å². The van der Waals surface area contributed by atoms with Crippen molar-refractivity contribution in [3.05, 3.63) is 46.5 Å². The quantitative estimate of drug-likeness (QED) is 0.446. The Morgan fingerprint density at radius 1 is 1.19 bits per heavy atom. The van der Waals surface area contributed by atoms with E-state index in [4.69, 9.17) is 4.98 Å². The van der Waals surface area contributed by atoms with E-state index in [1.807, 2.05) is 44.2 Å². The number of nitrogens with zero attached hydrogens (tertiary/aromatic N) is 1. The van der Waals surface area contributed by atoms with Crippen LogP contribution in [0.25, 0.3) is 0 Å². The molecule has 36 heavy (non-hydrogen) atoms. The van der Waals surface area contributed by atoms with E-state index in [1.165, 1.54) is 11.3 Å². The molecule has 5 rings (SSSR count). The summed E-state index contributed by atoms with van der Waals surface area (Å²) in [5.41, 5.74) is 0.955. The Labute approximate surface area is 216 Å². The molecule has 2 amide bonds. The molecule has 0 radical (unpaired) electrons. The van der Waals surface area contributed by atoms with Crippen molar-refractivity contribution in [2.75, 3.05) is 11.9 Å². The molecule has 2 aromatic rings. The lowest BCUT2D eigenvalue weighted by molar-refractivity contribution is -0.144. The number of nitrogens with one attached hydrogen (secondary N) is 2. The lowest BCUT2D eigenvalue weighted by atomic mass is 9.47. The number of carbonyl (C=O) groups excluding carboxylic acids is 2. The van der Waals surface area contributed by atoms with Gasteiger partial charge in [-0.05, 0) is 55.9 Å². The van der Waals surface area contributed by atoms with Gasteiger partial charge in [0.1, 0.15) is 0 Å². The molecule has 8 heteroatoms. The summed E-state index contributed by atoms with van der Waals surface area (Å²) >= 11 is 1.48. The molecule has 2 saturated carbocycles. The number of aliphatic hydroxyl groups is 2. The van der Waals surface area contributed by atoms with E-state index in [0.29, 0.717) is 18.0 Å². The van der Waals surface area contributed by atoms with Gasteiger partial charge in [-0.15, -0.1) is 11.3 Å². The Bertz CT molecular complexity index is 1130. The molecule has 3 aliphatic rings. The van der Waals surface area contributed by atoms with Gasteiger partial charge >= 0.3 is 0 Å². The maximum absolute atomic E-state index is 13.4. The van der Waals surface area contributed by atoms with Crippen LogP contribution < -0.4 is 10.6 Å². The monoisotopic (exact) mass is 511 g/mol. The van der Waals surface area contributed by atoms with Crippen molar-refractivity contribution in [2.24, 2.45) is 22.7 Å². The highest BCUT2D eigenvalue weighted by molar-refractivity contribution is 7.15. The molecular weight excluding hydrogens is 474 g/mol. The highest BCUT2D eigenvalue weighted by Gasteiger charge is 2.59. The third kappa shape index (κ3) is 4.48. The minimum absolute atomic E-state index is 0.0111. The number of benzene rings is 1. The topological polar surface area (TPSA) is 112 Å². The molecule has 1 heterocycles. The third-order valence-electron chi connectivity index (χ3n) is 9.14. The summed E-state index contributed by atoms with van der Waals surface area (Å²) in [5, 5.41) is 28.1. The zero-order chi connectivity index (χ0) is 25.7. The molecule has 0 spiro atoms. The minimum atomic E-state index is -0.668. The molecule has 0 aliphatic heterocycles. The van der Waals surface area contributed by atoms with E-state index in [0.717, 1.165) is 35.4 Å². The Kier molecular flexibility index (Phi) is 6.72. The van der Waals surface area contributed by atoms with Crippen LogP contribution in [-0.2, 0) is 16.0 Å². The number of aromatic nitrogens is 1. The normalized spacial score (nSPS) is 32.2. The second-order valence-corrected chi connectivity index (χ2v) is 12.6. The van der Waals surface area contributed by atoms with Gasteiger partial charge in [0.2, 0.25) is 11.8 Å². The van der Waals surface area contributed by atoms with Crippen molar-refractivity contribution in [2.45, 2.75) is 77.4 Å². The van der Waals surface area contributed by atoms with E-state index < -0.39 is 11.5 Å². The van der Waals surface area contributed by atoms with Crippen molar-refractivity contribution in [1.82, 2.24) is 10.3 Å².